The van der Waals surface area contributed by atoms with Crippen molar-refractivity contribution < 1.29 is 27.4 Å². The van der Waals surface area contributed by atoms with Crippen LogP contribution in [0.3, 0.4) is 0 Å². The number of aromatic nitrogens is 2. The van der Waals surface area contributed by atoms with Crippen molar-refractivity contribution in [3.05, 3.63) is 63.2 Å². The summed E-state index contributed by atoms with van der Waals surface area (Å²) in [4.78, 5) is 38.6. The fraction of sp³-hybridized carbons (Fsp3) is 0.514. The first-order valence-electron chi connectivity index (χ1n) is 16.5. The molecular formula is C35H42F3N5O4S. The molecule has 3 aromatic rings. The molecule has 2 N–H and O–H groups in total. The van der Waals surface area contributed by atoms with Gasteiger partial charge in [0.2, 0.25) is 0 Å². The third kappa shape index (κ3) is 7.17. The maximum Gasteiger partial charge on any atom is 0.401 e. The van der Waals surface area contributed by atoms with Gasteiger partial charge in [0, 0.05) is 77.1 Å². The molecule has 5 heterocycles. The standard InChI is InChI=1S/C35H42F3N5O4S/c1-21-16-28(48-4)27(33(45)41-21)19-40-32(44)25-17-26(23-8-9-29(39-18-23)43-12-6-5-7-13-43)31-30(22(25)2)46-34(3,47-31)24-10-14-42(15-11-24)20-35(36,37)38/h8-9,16-18,24H,5-7,10-15,19-20H2,1-4H3,(H,40,44)(H,41,45). The van der Waals surface area contributed by atoms with E-state index in [1.807, 2.05) is 38.3 Å². The number of aromatic amines is 1. The minimum absolute atomic E-state index is 0.0359. The number of rotatable bonds is 8. The topological polar surface area (TPSA) is 99.8 Å². The van der Waals surface area contributed by atoms with E-state index in [4.69, 9.17) is 14.5 Å². The predicted octanol–water partition coefficient (Wildman–Crippen LogP) is 6.46. The number of nitrogens with one attached hydrogen (secondary N) is 2. The second-order valence-electron chi connectivity index (χ2n) is 13.1. The van der Waals surface area contributed by atoms with Gasteiger partial charge in [-0.2, -0.15) is 13.2 Å². The predicted molar refractivity (Wildman–Crippen MR) is 180 cm³/mol. The van der Waals surface area contributed by atoms with E-state index in [-0.39, 0.29) is 37.0 Å². The van der Waals surface area contributed by atoms with Crippen LogP contribution in [0.4, 0.5) is 19.0 Å². The van der Waals surface area contributed by atoms with Crippen LogP contribution in [0.1, 0.15) is 66.2 Å². The average Bonchev–Trinajstić information content (AvgIpc) is 3.43. The van der Waals surface area contributed by atoms with E-state index in [1.165, 1.54) is 23.1 Å². The number of fused-ring (bicyclic) bond motifs is 1. The van der Waals surface area contributed by atoms with Crippen LogP contribution in [0.15, 0.2) is 40.2 Å². The number of carbonyl (C=O) groups is 1. The van der Waals surface area contributed by atoms with Gasteiger partial charge in [0.1, 0.15) is 5.82 Å². The maximum atomic E-state index is 13.8. The Labute approximate surface area is 282 Å². The Bertz CT molecular complexity index is 1720. The van der Waals surface area contributed by atoms with Gasteiger partial charge in [0.05, 0.1) is 6.54 Å². The molecule has 258 valence electrons. The van der Waals surface area contributed by atoms with Crippen LogP contribution in [-0.4, -0.2) is 71.7 Å². The third-order valence-electron chi connectivity index (χ3n) is 9.68. The number of piperidine rings is 2. The molecule has 0 spiro atoms. The van der Waals surface area contributed by atoms with Gasteiger partial charge in [-0.25, -0.2) is 4.98 Å². The Kier molecular flexibility index (Phi) is 9.72. The number of halogens is 3. The highest BCUT2D eigenvalue weighted by Gasteiger charge is 2.48. The van der Waals surface area contributed by atoms with Crippen LogP contribution in [0.25, 0.3) is 11.1 Å². The number of carbonyl (C=O) groups excluding carboxylic acids is 1. The van der Waals surface area contributed by atoms with E-state index in [1.54, 1.807) is 19.2 Å². The molecule has 13 heteroatoms. The Morgan fingerprint density at radius 3 is 2.44 bits per heavy atom. The molecule has 1 aromatic carbocycles. The van der Waals surface area contributed by atoms with E-state index in [0.717, 1.165) is 47.9 Å². The van der Waals surface area contributed by atoms with Crippen molar-refractivity contribution in [3.8, 4) is 22.6 Å². The Hall–Kier alpha value is -3.71. The lowest BCUT2D eigenvalue weighted by molar-refractivity contribution is -0.159. The zero-order valence-corrected chi connectivity index (χ0v) is 28.6. The summed E-state index contributed by atoms with van der Waals surface area (Å²) < 4.78 is 52.4. The molecule has 0 saturated carbocycles. The zero-order valence-electron chi connectivity index (χ0n) is 27.8. The van der Waals surface area contributed by atoms with Crippen molar-refractivity contribution in [3.63, 3.8) is 0 Å². The van der Waals surface area contributed by atoms with Gasteiger partial charge in [-0.1, -0.05) is 0 Å². The van der Waals surface area contributed by atoms with Crippen molar-refractivity contribution in [1.82, 2.24) is 20.2 Å². The normalized spacial score (nSPS) is 20.3. The highest BCUT2D eigenvalue weighted by molar-refractivity contribution is 7.98. The first-order chi connectivity index (χ1) is 22.8. The lowest BCUT2D eigenvalue weighted by Crippen LogP contribution is -2.49. The number of nitrogens with zero attached hydrogens (tertiary/aromatic N) is 3. The van der Waals surface area contributed by atoms with Crippen LogP contribution in [0.5, 0.6) is 11.5 Å². The summed E-state index contributed by atoms with van der Waals surface area (Å²) in [5.74, 6) is 0.120. The van der Waals surface area contributed by atoms with Gasteiger partial charge in [-0.05, 0) is 89.6 Å². The number of ether oxygens (including phenoxy) is 2. The third-order valence-corrected chi connectivity index (χ3v) is 10.5. The summed E-state index contributed by atoms with van der Waals surface area (Å²) in [7, 11) is 0. The van der Waals surface area contributed by atoms with E-state index in [2.05, 4.69) is 15.2 Å². The summed E-state index contributed by atoms with van der Waals surface area (Å²) in [6.07, 6.45) is 3.81. The highest BCUT2D eigenvalue weighted by atomic mass is 32.2. The molecule has 1 amide bonds. The Morgan fingerprint density at radius 2 is 1.79 bits per heavy atom. The lowest BCUT2D eigenvalue weighted by atomic mass is 9.89. The molecule has 6 rings (SSSR count). The molecule has 2 aromatic heterocycles. The smallest absolute Gasteiger partial charge is 0.401 e. The molecule has 3 aliphatic heterocycles. The summed E-state index contributed by atoms with van der Waals surface area (Å²) in [6.45, 7) is 7.00. The van der Waals surface area contributed by atoms with Crippen LogP contribution < -0.4 is 25.2 Å². The number of benzene rings is 1. The molecule has 1 unspecified atom stereocenters. The maximum absolute atomic E-state index is 13.8. The van der Waals surface area contributed by atoms with Crippen LogP contribution >= 0.6 is 11.8 Å². The SMILES string of the molecule is CSc1cc(C)[nH]c(=O)c1CNC(=O)c1cc(-c2ccc(N3CCCCC3)nc2)c2c(c1C)OC(C)(C1CCN(CC(F)(F)F)CC1)O2. The average molecular weight is 686 g/mol. The molecule has 0 radical (unpaired) electrons. The highest BCUT2D eigenvalue weighted by Crippen LogP contribution is 2.52. The van der Waals surface area contributed by atoms with Crippen molar-refractivity contribution >= 4 is 23.5 Å². The van der Waals surface area contributed by atoms with Crippen LogP contribution in [0.2, 0.25) is 0 Å². The molecule has 9 nitrogen and oxygen atoms in total. The number of H-pyrrole nitrogens is 1. The summed E-state index contributed by atoms with van der Waals surface area (Å²) in [5, 5.41) is 2.93. The lowest BCUT2D eigenvalue weighted by Gasteiger charge is -2.39. The van der Waals surface area contributed by atoms with E-state index in [9.17, 15) is 22.8 Å². The minimum Gasteiger partial charge on any atom is -0.448 e. The Morgan fingerprint density at radius 1 is 1.08 bits per heavy atom. The zero-order chi connectivity index (χ0) is 34.2. The van der Waals surface area contributed by atoms with Gasteiger partial charge in [-0.3, -0.25) is 14.5 Å². The fourth-order valence-electron chi connectivity index (χ4n) is 7.02. The van der Waals surface area contributed by atoms with Gasteiger partial charge in [0.15, 0.2) is 11.5 Å². The second-order valence-corrected chi connectivity index (χ2v) is 14.0. The molecule has 48 heavy (non-hydrogen) atoms. The van der Waals surface area contributed by atoms with Crippen molar-refractivity contribution in [1.29, 1.82) is 0 Å². The van der Waals surface area contributed by atoms with Gasteiger partial charge < -0.3 is 24.7 Å². The second kappa shape index (κ2) is 13.7. The first kappa shape index (κ1) is 34.2. The van der Waals surface area contributed by atoms with Crippen LogP contribution in [-0.2, 0) is 6.54 Å². The van der Waals surface area contributed by atoms with Gasteiger partial charge in [-0.15, -0.1) is 11.8 Å². The monoisotopic (exact) mass is 685 g/mol. The molecule has 1 atom stereocenters. The summed E-state index contributed by atoms with van der Waals surface area (Å²) in [6, 6.07) is 7.60. The quantitative estimate of drug-likeness (QED) is 0.261. The molecule has 2 saturated heterocycles. The number of anilines is 1. The van der Waals surface area contributed by atoms with E-state index in [0.29, 0.717) is 46.6 Å². The molecule has 0 aliphatic carbocycles. The number of hydrogen-bond donors (Lipinski definition) is 2. The molecular weight excluding hydrogens is 643 g/mol. The van der Waals surface area contributed by atoms with Gasteiger partial charge in [0.25, 0.3) is 17.3 Å². The largest absolute Gasteiger partial charge is 0.448 e. The van der Waals surface area contributed by atoms with Crippen molar-refractivity contribution in [2.24, 2.45) is 5.92 Å². The van der Waals surface area contributed by atoms with Crippen molar-refractivity contribution in [2.75, 3.05) is 43.9 Å². The molecule has 2 fully saturated rings. The number of amides is 1. The number of pyridine rings is 2. The fourth-order valence-corrected chi connectivity index (χ4v) is 7.73. The van der Waals surface area contributed by atoms with E-state index < -0.39 is 18.5 Å². The first-order valence-corrected chi connectivity index (χ1v) is 17.7. The number of thioether (sulfide) groups is 1. The van der Waals surface area contributed by atoms with Crippen molar-refractivity contribution in [2.45, 2.75) is 76.3 Å². The van der Waals surface area contributed by atoms with Crippen LogP contribution in [0, 0.1) is 19.8 Å². The summed E-state index contributed by atoms with van der Waals surface area (Å²) >= 11 is 1.44. The molecule has 3 aliphatic rings. The number of aryl methyl sites for hydroxylation is 1. The number of alkyl halides is 3. The number of hydrogen-bond acceptors (Lipinski definition) is 8. The minimum atomic E-state index is -4.25. The Balaban J connectivity index is 1.31. The molecule has 0 bridgehead atoms. The summed E-state index contributed by atoms with van der Waals surface area (Å²) in [5.41, 5.74) is 3.28. The van der Waals surface area contributed by atoms with Gasteiger partial charge >= 0.3 is 6.18 Å². The number of likely N-dealkylation sites (tertiary alicyclic amines) is 1. The van der Waals surface area contributed by atoms with E-state index >= 15 is 0 Å².